The summed E-state index contributed by atoms with van der Waals surface area (Å²) in [5.74, 6) is 2.39. The largest absolute Gasteiger partial charge is 0.324 e. The number of benzene rings is 4. The molecule has 0 atom stereocenters. The minimum absolute atomic E-state index is 0.597. The Morgan fingerprint density at radius 3 is 0.857 bits per heavy atom. The third-order valence-corrected chi connectivity index (χ3v) is 7.46. The third kappa shape index (κ3) is 3.88. The Balaban J connectivity index is 0.00000131. The second-order valence-corrected chi connectivity index (χ2v) is 9.79. The Morgan fingerprint density at radius 2 is 0.595 bits per heavy atom. The fraction of sp³-hybridized carbons (Fsp3) is 0. The van der Waals surface area contributed by atoms with Crippen molar-refractivity contribution < 1.29 is 19.4 Å². The van der Waals surface area contributed by atoms with Crippen molar-refractivity contribution in [2.75, 3.05) is 0 Å². The average Bonchev–Trinajstić information content (AvgIpc) is 3.78. The predicted molar refractivity (Wildman–Crippen MR) is 162 cm³/mol. The van der Waals surface area contributed by atoms with Crippen LogP contribution in [0.15, 0.2) is 97.1 Å². The molecule has 42 heavy (non-hydrogen) atoms. The van der Waals surface area contributed by atoms with Crippen LogP contribution in [0.5, 0.6) is 0 Å². The number of nitrogens with zero attached hydrogens (tertiary/aromatic N) is 6. The Labute approximate surface area is 254 Å². The number of fused-ring (bicyclic) bond motifs is 20. The van der Waals surface area contributed by atoms with Crippen molar-refractivity contribution >= 4 is 53.4 Å². The number of nitrogens with one attached hydrogen (secondary N) is 2. The first-order chi connectivity index (χ1) is 20.8. The van der Waals surface area contributed by atoms with Gasteiger partial charge < -0.3 is 9.97 Å². The Morgan fingerprint density at radius 1 is 0.357 bits per heavy atom. The van der Waals surface area contributed by atoms with E-state index in [0.717, 1.165) is 43.8 Å². The van der Waals surface area contributed by atoms with E-state index in [4.69, 9.17) is 29.9 Å². The molecule has 3 aromatic heterocycles. The van der Waals surface area contributed by atoms with E-state index in [9.17, 15) is 0 Å². The molecule has 2 aliphatic rings. The molecular weight excluding hydrogens is 580 g/mol. The summed E-state index contributed by atoms with van der Waals surface area (Å²) in [6.45, 7) is 0. The first-order valence-electron chi connectivity index (χ1n) is 13.2. The van der Waals surface area contributed by atoms with Crippen molar-refractivity contribution in [3.8, 4) is 45.6 Å². The molecule has 4 aromatic carbocycles. The van der Waals surface area contributed by atoms with Crippen molar-refractivity contribution in [1.82, 2.24) is 39.9 Å². The molecule has 2 N–H and O–H groups in total. The molecule has 0 saturated heterocycles. The van der Waals surface area contributed by atoms with E-state index < -0.39 is 0 Å². The quantitative estimate of drug-likeness (QED) is 0.175. The normalized spacial score (nSPS) is 11.5. The number of aromatic amines is 2. The van der Waals surface area contributed by atoms with Gasteiger partial charge in [-0.1, -0.05) is 97.1 Å². The first kappa shape index (κ1) is 25.0. The van der Waals surface area contributed by atoms with Gasteiger partial charge in [-0.3, -0.25) is 0 Å². The van der Waals surface area contributed by atoms with Crippen LogP contribution in [0, 0.1) is 0 Å². The molecule has 10 heteroatoms. The molecule has 0 spiro atoms. The van der Waals surface area contributed by atoms with Gasteiger partial charge in [-0.2, -0.15) is 0 Å². The van der Waals surface area contributed by atoms with Gasteiger partial charge in [-0.15, -0.1) is 0 Å². The summed E-state index contributed by atoms with van der Waals surface area (Å²) in [7, 11) is 4.64. The number of aromatic nitrogens is 8. The maximum absolute atomic E-state index is 5.02. The van der Waals surface area contributed by atoms with Gasteiger partial charge in [-0.25, -0.2) is 29.9 Å². The van der Waals surface area contributed by atoms with Gasteiger partial charge in [0.2, 0.25) is 0 Å². The van der Waals surface area contributed by atoms with E-state index in [-0.39, 0.29) is 0 Å². The van der Waals surface area contributed by atoms with Crippen LogP contribution < -0.4 is 0 Å². The monoisotopic (exact) mass is 597 g/mol. The van der Waals surface area contributed by atoms with Crippen LogP contribution in [0.4, 0.5) is 0 Å². The molecule has 0 saturated carbocycles. The van der Waals surface area contributed by atoms with E-state index in [2.05, 4.69) is 19.3 Å². The fourth-order valence-electron chi connectivity index (χ4n) is 5.59. The SMILES string of the molecule is [Cl][Ti].c1ccc2c(c1)-c1nc-2nc2[nH]c(nc3nc(nc4[nH]c(n1)c1ccccc41)-c1ccccc1-3)c1ccccc21. The molecule has 2 aliphatic heterocycles. The molecule has 0 unspecified atom stereocenters. The van der Waals surface area contributed by atoms with Crippen molar-refractivity contribution in [2.24, 2.45) is 0 Å². The van der Waals surface area contributed by atoms with E-state index in [1.54, 1.807) is 0 Å². The van der Waals surface area contributed by atoms with E-state index in [1.165, 1.54) is 19.4 Å². The smallest absolute Gasteiger partial charge is 0.164 e. The van der Waals surface area contributed by atoms with E-state index >= 15 is 0 Å². The maximum Gasteiger partial charge on any atom is 0.164 e. The Hall–Kier alpha value is -4.76. The summed E-state index contributed by atoms with van der Waals surface area (Å²) in [5.41, 5.74) is 6.45. The van der Waals surface area contributed by atoms with Gasteiger partial charge in [0.15, 0.2) is 23.3 Å². The fourth-order valence-corrected chi connectivity index (χ4v) is 5.59. The number of halogens is 1. The molecule has 5 heterocycles. The summed E-state index contributed by atoms with van der Waals surface area (Å²) >= 11 is 1.47. The van der Waals surface area contributed by atoms with E-state index in [0.29, 0.717) is 45.9 Å². The molecule has 0 amide bonds. The molecule has 0 aliphatic carbocycles. The van der Waals surface area contributed by atoms with Crippen molar-refractivity contribution in [3.63, 3.8) is 0 Å². The van der Waals surface area contributed by atoms with Gasteiger partial charge in [0.1, 0.15) is 22.6 Å². The second kappa shape index (κ2) is 9.96. The number of hydrogen-bond donors (Lipinski definition) is 2. The standard InChI is InChI=1S/C32H18N8.ClH.Ti/c1-2-10-18-17(9-1)25-33-26(18)38-28-21-13-5-6-14-22(21)30(35-28)40-32-24-16-8-7-15-23(24)31(36-32)39-29-20-12-4-3-11-19(20)27(34-29)37-25;;/h1-16H,(H2,33,34,35,36,37,38,39,40);1H;/q;;+1/p-1. The summed E-state index contributed by atoms with van der Waals surface area (Å²) in [4.78, 5) is 36.8. The molecule has 7 aromatic rings. The average molecular weight is 598 g/mol. The minimum Gasteiger partial charge on any atom is -0.324 e. The van der Waals surface area contributed by atoms with Crippen LogP contribution in [-0.2, 0) is 19.4 Å². The van der Waals surface area contributed by atoms with Crippen LogP contribution in [-0.4, -0.2) is 39.9 Å². The van der Waals surface area contributed by atoms with Crippen molar-refractivity contribution in [3.05, 3.63) is 97.1 Å². The van der Waals surface area contributed by atoms with Crippen molar-refractivity contribution in [1.29, 1.82) is 0 Å². The molecule has 197 valence electrons. The Bertz CT molecular complexity index is 2040. The molecule has 8 bridgehead atoms. The van der Waals surface area contributed by atoms with Crippen LogP contribution in [0.25, 0.3) is 89.7 Å². The molecule has 0 radical (unpaired) electrons. The number of H-pyrrole nitrogens is 2. The van der Waals surface area contributed by atoms with Gasteiger partial charge in [0.05, 0.1) is 0 Å². The van der Waals surface area contributed by atoms with Crippen molar-refractivity contribution in [2.45, 2.75) is 0 Å². The number of rotatable bonds is 0. The predicted octanol–water partition coefficient (Wildman–Crippen LogP) is 7.56. The van der Waals surface area contributed by atoms with Crippen LogP contribution in [0.1, 0.15) is 0 Å². The first-order valence-corrected chi connectivity index (χ1v) is 15.3. The van der Waals surface area contributed by atoms with Gasteiger partial charge >= 0.3 is 28.7 Å². The Kier molecular flexibility index (Phi) is 5.92. The summed E-state index contributed by atoms with van der Waals surface area (Å²) in [6, 6.07) is 32.2. The molecule has 9 rings (SSSR count). The molecular formula is C32H18ClN8Ti. The van der Waals surface area contributed by atoms with Crippen LogP contribution in [0.2, 0.25) is 0 Å². The maximum atomic E-state index is 5.02. The zero-order chi connectivity index (χ0) is 28.2. The van der Waals surface area contributed by atoms with Gasteiger partial charge in [0, 0.05) is 43.8 Å². The summed E-state index contributed by atoms with van der Waals surface area (Å²) < 4.78 is 0. The zero-order valence-corrected chi connectivity index (χ0v) is 24.1. The number of hydrogen-bond acceptors (Lipinski definition) is 6. The van der Waals surface area contributed by atoms with Crippen LogP contribution in [0.3, 0.4) is 0 Å². The van der Waals surface area contributed by atoms with Gasteiger partial charge in [0.25, 0.3) is 0 Å². The summed E-state index contributed by atoms with van der Waals surface area (Å²) in [6.07, 6.45) is 0. The zero-order valence-electron chi connectivity index (χ0n) is 21.8. The molecule has 0 fully saturated rings. The summed E-state index contributed by atoms with van der Waals surface area (Å²) in [5, 5.41) is 3.82. The van der Waals surface area contributed by atoms with E-state index in [1.807, 2.05) is 97.1 Å². The van der Waals surface area contributed by atoms with Crippen LogP contribution >= 0.6 is 9.30 Å². The topological polar surface area (TPSA) is 109 Å². The van der Waals surface area contributed by atoms with Gasteiger partial charge in [-0.05, 0) is 0 Å². The second-order valence-electron chi connectivity index (χ2n) is 9.79. The third-order valence-electron chi connectivity index (χ3n) is 7.46. The minimum atomic E-state index is 0.597. The molecule has 8 nitrogen and oxygen atoms in total.